The van der Waals surface area contributed by atoms with Gasteiger partial charge >= 0.3 is 6.01 Å². The zero-order valence-corrected chi connectivity index (χ0v) is 11.0. The highest BCUT2D eigenvalue weighted by Crippen LogP contribution is 2.21. The summed E-state index contributed by atoms with van der Waals surface area (Å²) in [6.45, 7) is 4.09. The number of aliphatic hydroxyl groups excluding tert-OH is 1. The van der Waals surface area contributed by atoms with E-state index in [4.69, 9.17) is 21.4 Å². The number of aromatic nitrogens is 3. The van der Waals surface area contributed by atoms with E-state index in [0.717, 1.165) is 6.42 Å². The number of halogens is 1. The zero-order valence-electron chi connectivity index (χ0n) is 10.2. The molecule has 96 valence electrons. The van der Waals surface area contributed by atoms with Crippen molar-refractivity contribution in [2.45, 2.75) is 32.2 Å². The lowest BCUT2D eigenvalue weighted by Crippen LogP contribution is -2.35. The molecule has 1 rings (SSSR count). The molecular weight excluding hydrogens is 244 g/mol. The van der Waals surface area contributed by atoms with Crippen molar-refractivity contribution >= 4 is 17.5 Å². The summed E-state index contributed by atoms with van der Waals surface area (Å²) < 4.78 is 4.91. The Bertz CT molecular complexity index is 377. The van der Waals surface area contributed by atoms with E-state index in [1.54, 1.807) is 0 Å². The molecule has 0 aliphatic rings. The Morgan fingerprint density at radius 1 is 1.41 bits per heavy atom. The minimum atomic E-state index is -0.287. The van der Waals surface area contributed by atoms with Gasteiger partial charge in [0, 0.05) is 12.1 Å². The van der Waals surface area contributed by atoms with Crippen molar-refractivity contribution in [2.24, 2.45) is 0 Å². The Labute approximate surface area is 105 Å². The molecular formula is C10H17ClN4O2. The normalized spacial score (nSPS) is 14.2. The maximum absolute atomic E-state index is 9.02. The summed E-state index contributed by atoms with van der Waals surface area (Å²) in [5, 5.41) is 12.2. The molecule has 1 atom stereocenters. The van der Waals surface area contributed by atoms with E-state index in [-0.39, 0.29) is 23.4 Å². The van der Waals surface area contributed by atoms with E-state index < -0.39 is 0 Å². The van der Waals surface area contributed by atoms with E-state index in [1.165, 1.54) is 7.11 Å². The SMILES string of the molecule is CCC(C)(CCO)Nc1nc(Cl)nc(OC)n1. The lowest BCUT2D eigenvalue weighted by atomic mass is 9.95. The molecule has 1 heterocycles. The van der Waals surface area contributed by atoms with Crippen molar-refractivity contribution in [1.82, 2.24) is 15.0 Å². The van der Waals surface area contributed by atoms with Crippen LogP contribution < -0.4 is 10.1 Å². The average molecular weight is 261 g/mol. The maximum atomic E-state index is 9.02. The molecule has 1 aromatic heterocycles. The Kier molecular flexibility index (Phi) is 4.89. The lowest BCUT2D eigenvalue weighted by molar-refractivity contribution is 0.251. The third-order valence-electron chi connectivity index (χ3n) is 2.63. The Morgan fingerprint density at radius 2 is 2.12 bits per heavy atom. The largest absolute Gasteiger partial charge is 0.467 e. The van der Waals surface area contributed by atoms with Gasteiger partial charge in [-0.3, -0.25) is 0 Å². The van der Waals surface area contributed by atoms with Crippen LogP contribution in [0, 0.1) is 0 Å². The molecule has 0 aliphatic carbocycles. The minimum Gasteiger partial charge on any atom is -0.467 e. The highest BCUT2D eigenvalue weighted by molar-refractivity contribution is 6.28. The zero-order chi connectivity index (χ0) is 12.9. The fraction of sp³-hybridized carbons (Fsp3) is 0.700. The van der Waals surface area contributed by atoms with E-state index in [0.29, 0.717) is 12.4 Å². The molecule has 0 saturated carbocycles. The lowest BCUT2D eigenvalue weighted by Gasteiger charge is -2.28. The van der Waals surface area contributed by atoms with E-state index in [2.05, 4.69) is 20.3 Å². The van der Waals surface area contributed by atoms with Gasteiger partial charge in [-0.15, -0.1) is 0 Å². The number of rotatable bonds is 6. The van der Waals surface area contributed by atoms with Crippen LogP contribution in [-0.4, -0.2) is 39.3 Å². The Morgan fingerprint density at radius 3 is 2.65 bits per heavy atom. The average Bonchev–Trinajstić information content (AvgIpc) is 2.28. The summed E-state index contributed by atoms with van der Waals surface area (Å²) in [6.07, 6.45) is 1.41. The first kappa shape index (κ1) is 13.9. The molecule has 2 N–H and O–H groups in total. The molecule has 6 nitrogen and oxygen atoms in total. The van der Waals surface area contributed by atoms with Crippen LogP contribution in [0.3, 0.4) is 0 Å². The molecule has 0 aliphatic heterocycles. The molecule has 0 bridgehead atoms. The number of nitrogens with one attached hydrogen (secondary N) is 1. The van der Waals surface area contributed by atoms with Gasteiger partial charge in [-0.1, -0.05) is 6.92 Å². The summed E-state index contributed by atoms with van der Waals surface area (Å²) in [4.78, 5) is 11.8. The second kappa shape index (κ2) is 5.97. The highest BCUT2D eigenvalue weighted by atomic mass is 35.5. The number of hydrogen-bond donors (Lipinski definition) is 2. The number of anilines is 1. The number of aliphatic hydroxyl groups is 1. The van der Waals surface area contributed by atoms with Gasteiger partial charge in [-0.2, -0.15) is 15.0 Å². The van der Waals surface area contributed by atoms with Gasteiger partial charge in [0.1, 0.15) is 0 Å². The summed E-state index contributed by atoms with van der Waals surface area (Å²) >= 11 is 5.75. The van der Waals surface area contributed by atoms with Gasteiger partial charge in [-0.25, -0.2) is 0 Å². The van der Waals surface area contributed by atoms with Crippen LogP contribution in [0.15, 0.2) is 0 Å². The van der Waals surface area contributed by atoms with Crippen LogP contribution in [0.4, 0.5) is 5.95 Å². The second-order valence-electron chi connectivity index (χ2n) is 3.93. The minimum absolute atomic E-state index is 0.0711. The van der Waals surface area contributed by atoms with Crippen molar-refractivity contribution in [3.8, 4) is 6.01 Å². The van der Waals surface area contributed by atoms with Crippen molar-refractivity contribution in [1.29, 1.82) is 0 Å². The molecule has 0 radical (unpaired) electrons. The molecule has 0 aromatic carbocycles. The summed E-state index contributed by atoms with van der Waals surface area (Å²) in [7, 11) is 1.46. The summed E-state index contributed by atoms with van der Waals surface area (Å²) in [6, 6.07) is 0.162. The summed E-state index contributed by atoms with van der Waals surface area (Å²) in [5.41, 5.74) is -0.287. The van der Waals surface area contributed by atoms with Crippen molar-refractivity contribution < 1.29 is 9.84 Å². The fourth-order valence-electron chi connectivity index (χ4n) is 1.32. The third-order valence-corrected chi connectivity index (χ3v) is 2.80. The first-order chi connectivity index (χ1) is 8.03. The molecule has 1 unspecified atom stereocenters. The van der Waals surface area contributed by atoms with Crippen LogP contribution in [0.5, 0.6) is 6.01 Å². The second-order valence-corrected chi connectivity index (χ2v) is 4.27. The summed E-state index contributed by atoms with van der Waals surface area (Å²) in [5.74, 6) is 0.347. The van der Waals surface area contributed by atoms with Crippen molar-refractivity contribution in [3.05, 3.63) is 5.28 Å². The van der Waals surface area contributed by atoms with Gasteiger partial charge in [-0.05, 0) is 31.4 Å². The number of methoxy groups -OCH3 is 1. The topological polar surface area (TPSA) is 80.2 Å². The molecule has 0 fully saturated rings. The van der Waals surface area contributed by atoms with E-state index in [1.807, 2.05) is 13.8 Å². The van der Waals surface area contributed by atoms with Crippen LogP contribution in [0.1, 0.15) is 26.7 Å². The first-order valence-electron chi connectivity index (χ1n) is 5.37. The quantitative estimate of drug-likeness (QED) is 0.807. The van der Waals surface area contributed by atoms with Gasteiger partial charge < -0.3 is 15.2 Å². The number of hydrogen-bond acceptors (Lipinski definition) is 6. The Balaban J connectivity index is 2.89. The predicted octanol–water partition coefficient (Wildman–Crippen LogP) is 1.50. The van der Waals surface area contributed by atoms with Crippen LogP contribution >= 0.6 is 11.6 Å². The van der Waals surface area contributed by atoms with Gasteiger partial charge in [0.15, 0.2) is 0 Å². The van der Waals surface area contributed by atoms with Crippen molar-refractivity contribution in [2.75, 3.05) is 19.0 Å². The number of ether oxygens (including phenoxy) is 1. The van der Waals surface area contributed by atoms with Crippen LogP contribution in [-0.2, 0) is 0 Å². The first-order valence-corrected chi connectivity index (χ1v) is 5.75. The molecule has 7 heteroatoms. The van der Waals surface area contributed by atoms with Crippen LogP contribution in [0.2, 0.25) is 5.28 Å². The predicted molar refractivity (Wildman–Crippen MR) is 65.4 cm³/mol. The third kappa shape index (κ3) is 3.98. The maximum Gasteiger partial charge on any atom is 0.322 e. The fourth-order valence-corrected chi connectivity index (χ4v) is 1.48. The standard InChI is InChI=1S/C10H17ClN4O2/c1-4-10(2,5-6-16)15-8-12-7(11)13-9(14-8)17-3/h16H,4-6H2,1-3H3,(H,12,13,14,15). The highest BCUT2D eigenvalue weighted by Gasteiger charge is 2.22. The van der Waals surface area contributed by atoms with E-state index in [9.17, 15) is 0 Å². The molecule has 0 saturated heterocycles. The molecule has 0 amide bonds. The molecule has 0 spiro atoms. The smallest absolute Gasteiger partial charge is 0.322 e. The van der Waals surface area contributed by atoms with Gasteiger partial charge in [0.25, 0.3) is 0 Å². The van der Waals surface area contributed by atoms with Crippen molar-refractivity contribution in [3.63, 3.8) is 0 Å². The number of nitrogens with zero attached hydrogens (tertiary/aromatic N) is 3. The van der Waals surface area contributed by atoms with Gasteiger partial charge in [0.05, 0.1) is 7.11 Å². The molecule has 1 aromatic rings. The van der Waals surface area contributed by atoms with Crippen LogP contribution in [0.25, 0.3) is 0 Å². The Hall–Kier alpha value is -1.14. The van der Waals surface area contributed by atoms with E-state index >= 15 is 0 Å². The van der Waals surface area contributed by atoms with Gasteiger partial charge in [0.2, 0.25) is 11.2 Å². The molecule has 17 heavy (non-hydrogen) atoms. The monoisotopic (exact) mass is 260 g/mol.